The van der Waals surface area contributed by atoms with Crippen molar-refractivity contribution < 1.29 is 0 Å². The molecule has 6 aromatic carbocycles. The van der Waals surface area contributed by atoms with E-state index in [2.05, 4.69) is 184 Å². The molecule has 0 aliphatic rings. The molecule has 2 unspecified atom stereocenters. The average molecular weight is 601 g/mol. The summed E-state index contributed by atoms with van der Waals surface area (Å²) in [4.78, 5) is 0. The molecule has 0 aliphatic carbocycles. The summed E-state index contributed by atoms with van der Waals surface area (Å²) < 4.78 is 0. The van der Waals surface area contributed by atoms with Crippen molar-refractivity contribution in [1.29, 1.82) is 0 Å². The van der Waals surface area contributed by atoms with Gasteiger partial charge in [-0.15, -0.1) is 0 Å². The SMILES string of the molecule is CCC(C)c1ccccc1Nc1ccc(-c2ccc(Nc3ccccc3C(C)CC)cc2-c2ccccc2)c(-c2ccccc2)c1. The summed E-state index contributed by atoms with van der Waals surface area (Å²) in [5.41, 5.74) is 14.4. The lowest BCUT2D eigenvalue weighted by atomic mass is 9.88. The fourth-order valence-electron chi connectivity index (χ4n) is 6.26. The highest BCUT2D eigenvalue weighted by molar-refractivity contribution is 5.94. The van der Waals surface area contributed by atoms with Crippen LogP contribution in [0.15, 0.2) is 146 Å². The lowest BCUT2D eigenvalue weighted by molar-refractivity contribution is 0.735. The van der Waals surface area contributed by atoms with Crippen molar-refractivity contribution in [2.75, 3.05) is 10.6 Å². The first kappa shape index (κ1) is 30.9. The minimum atomic E-state index is 0.481. The second-order valence-electron chi connectivity index (χ2n) is 12.3. The van der Waals surface area contributed by atoms with Crippen LogP contribution in [-0.2, 0) is 0 Å². The Labute approximate surface area is 275 Å². The normalized spacial score (nSPS) is 12.3. The van der Waals surface area contributed by atoms with Crippen molar-refractivity contribution >= 4 is 22.7 Å². The molecule has 6 aromatic rings. The van der Waals surface area contributed by atoms with E-state index < -0.39 is 0 Å². The Kier molecular flexibility index (Phi) is 9.65. The topological polar surface area (TPSA) is 24.1 Å². The largest absolute Gasteiger partial charge is 0.355 e. The molecule has 0 spiro atoms. The number of rotatable bonds is 11. The van der Waals surface area contributed by atoms with Crippen molar-refractivity contribution in [1.82, 2.24) is 0 Å². The zero-order chi connectivity index (χ0) is 31.9. The smallest absolute Gasteiger partial charge is 0.0419 e. The molecule has 2 heteroatoms. The van der Waals surface area contributed by atoms with Gasteiger partial charge in [0.15, 0.2) is 0 Å². The molecule has 230 valence electrons. The van der Waals surface area contributed by atoms with E-state index >= 15 is 0 Å². The Morgan fingerprint density at radius 2 is 0.783 bits per heavy atom. The average Bonchev–Trinajstić information content (AvgIpc) is 3.12. The Bertz CT molecular complexity index is 1750. The second kappa shape index (κ2) is 14.3. The number of para-hydroxylation sites is 2. The highest BCUT2D eigenvalue weighted by Gasteiger charge is 2.17. The van der Waals surface area contributed by atoms with Gasteiger partial charge in [0.2, 0.25) is 0 Å². The molecule has 0 bridgehead atoms. The summed E-state index contributed by atoms with van der Waals surface area (Å²) in [6, 6.07) is 52.5. The van der Waals surface area contributed by atoms with Gasteiger partial charge in [0.25, 0.3) is 0 Å². The van der Waals surface area contributed by atoms with Crippen molar-refractivity contribution in [3.8, 4) is 33.4 Å². The molecular formula is C44H44N2. The third-order valence-corrected chi connectivity index (χ3v) is 9.27. The summed E-state index contributed by atoms with van der Waals surface area (Å²) in [7, 11) is 0. The van der Waals surface area contributed by atoms with Gasteiger partial charge in [0.1, 0.15) is 0 Å². The standard InChI is InChI=1S/C44H44N2/c1-5-31(3)37-21-13-15-23-43(37)45-35-25-27-39(41(29-35)33-17-9-7-10-18-33)40-28-26-36(30-42(40)34-19-11-8-12-20-34)46-44-24-16-14-22-38(44)32(4)6-2/h7-32,45-46H,5-6H2,1-4H3. The van der Waals surface area contributed by atoms with Gasteiger partial charge in [-0.3, -0.25) is 0 Å². The molecule has 2 nitrogen and oxygen atoms in total. The Morgan fingerprint density at radius 3 is 1.17 bits per heavy atom. The highest BCUT2D eigenvalue weighted by Crippen LogP contribution is 2.42. The molecule has 0 saturated carbocycles. The molecule has 46 heavy (non-hydrogen) atoms. The van der Waals surface area contributed by atoms with Crippen LogP contribution in [-0.4, -0.2) is 0 Å². The fraction of sp³-hybridized carbons (Fsp3) is 0.182. The van der Waals surface area contributed by atoms with Gasteiger partial charge in [0, 0.05) is 22.7 Å². The second-order valence-corrected chi connectivity index (χ2v) is 12.3. The molecule has 0 aromatic heterocycles. The van der Waals surface area contributed by atoms with E-state index in [1.807, 2.05) is 0 Å². The predicted octanol–water partition coefficient (Wildman–Crippen LogP) is 13.2. The van der Waals surface area contributed by atoms with E-state index in [0.717, 1.165) is 24.2 Å². The van der Waals surface area contributed by atoms with Crippen LogP contribution in [0.2, 0.25) is 0 Å². The molecule has 0 saturated heterocycles. The number of nitrogens with one attached hydrogen (secondary N) is 2. The Morgan fingerprint density at radius 1 is 0.413 bits per heavy atom. The van der Waals surface area contributed by atoms with Crippen molar-refractivity contribution in [2.45, 2.75) is 52.4 Å². The molecule has 0 fully saturated rings. The summed E-state index contributed by atoms with van der Waals surface area (Å²) in [6.07, 6.45) is 2.20. The van der Waals surface area contributed by atoms with Gasteiger partial charge in [-0.1, -0.05) is 137 Å². The number of anilines is 4. The maximum Gasteiger partial charge on any atom is 0.0419 e. The van der Waals surface area contributed by atoms with Crippen LogP contribution >= 0.6 is 0 Å². The van der Waals surface area contributed by atoms with Crippen LogP contribution in [0.1, 0.15) is 63.5 Å². The maximum atomic E-state index is 3.77. The number of benzene rings is 6. The third kappa shape index (κ3) is 6.77. The maximum absolute atomic E-state index is 3.77. The highest BCUT2D eigenvalue weighted by atomic mass is 14.9. The predicted molar refractivity (Wildman–Crippen MR) is 200 cm³/mol. The summed E-state index contributed by atoms with van der Waals surface area (Å²) in [5.74, 6) is 0.962. The van der Waals surface area contributed by atoms with Crippen LogP contribution in [0.25, 0.3) is 33.4 Å². The molecule has 2 N–H and O–H groups in total. The van der Waals surface area contributed by atoms with Crippen molar-refractivity contribution in [3.63, 3.8) is 0 Å². The summed E-state index contributed by atoms with van der Waals surface area (Å²) in [6.45, 7) is 9.09. The van der Waals surface area contributed by atoms with Gasteiger partial charge in [0.05, 0.1) is 0 Å². The van der Waals surface area contributed by atoms with Crippen LogP contribution in [0, 0.1) is 0 Å². The zero-order valence-electron chi connectivity index (χ0n) is 27.4. The van der Waals surface area contributed by atoms with Gasteiger partial charge < -0.3 is 10.6 Å². The molecule has 0 heterocycles. The molecule has 0 amide bonds. The van der Waals surface area contributed by atoms with Crippen molar-refractivity contribution in [2.24, 2.45) is 0 Å². The first-order valence-corrected chi connectivity index (χ1v) is 16.7. The van der Waals surface area contributed by atoms with Crippen LogP contribution in [0.3, 0.4) is 0 Å². The molecule has 0 radical (unpaired) electrons. The lowest BCUT2D eigenvalue weighted by Gasteiger charge is -2.20. The van der Waals surface area contributed by atoms with Gasteiger partial charge >= 0.3 is 0 Å². The van der Waals surface area contributed by atoms with E-state index in [9.17, 15) is 0 Å². The van der Waals surface area contributed by atoms with Crippen LogP contribution < -0.4 is 10.6 Å². The monoisotopic (exact) mass is 600 g/mol. The quantitative estimate of drug-likeness (QED) is 0.155. The summed E-state index contributed by atoms with van der Waals surface area (Å²) >= 11 is 0. The van der Waals surface area contributed by atoms with Gasteiger partial charge in [-0.05, 0) is 106 Å². The summed E-state index contributed by atoms with van der Waals surface area (Å²) in [5, 5.41) is 7.54. The van der Waals surface area contributed by atoms with E-state index in [1.165, 1.54) is 55.9 Å². The molecular weight excluding hydrogens is 556 g/mol. The number of hydrogen-bond donors (Lipinski definition) is 2. The first-order chi connectivity index (χ1) is 22.6. The first-order valence-electron chi connectivity index (χ1n) is 16.7. The van der Waals surface area contributed by atoms with E-state index in [-0.39, 0.29) is 0 Å². The Hall–Kier alpha value is -5.08. The molecule has 6 rings (SSSR count). The lowest BCUT2D eigenvalue weighted by Crippen LogP contribution is -2.01. The molecule has 2 atom stereocenters. The fourth-order valence-corrected chi connectivity index (χ4v) is 6.26. The van der Waals surface area contributed by atoms with Crippen LogP contribution in [0.5, 0.6) is 0 Å². The van der Waals surface area contributed by atoms with Gasteiger partial charge in [-0.25, -0.2) is 0 Å². The minimum absolute atomic E-state index is 0.481. The van der Waals surface area contributed by atoms with E-state index in [0.29, 0.717) is 11.8 Å². The van der Waals surface area contributed by atoms with E-state index in [1.54, 1.807) is 0 Å². The third-order valence-electron chi connectivity index (χ3n) is 9.27. The van der Waals surface area contributed by atoms with Crippen molar-refractivity contribution in [3.05, 3.63) is 157 Å². The van der Waals surface area contributed by atoms with Gasteiger partial charge in [-0.2, -0.15) is 0 Å². The number of hydrogen-bond acceptors (Lipinski definition) is 2. The Balaban J connectivity index is 1.46. The molecule has 0 aliphatic heterocycles. The van der Waals surface area contributed by atoms with Crippen LogP contribution in [0.4, 0.5) is 22.7 Å². The van der Waals surface area contributed by atoms with E-state index in [4.69, 9.17) is 0 Å². The zero-order valence-corrected chi connectivity index (χ0v) is 27.4. The minimum Gasteiger partial charge on any atom is -0.355 e.